The molecule has 80 valence electrons. The average Bonchev–Trinajstić information content (AvgIpc) is 2.85. The highest BCUT2D eigenvalue weighted by Crippen LogP contribution is 2.16. The van der Waals surface area contributed by atoms with Crippen LogP contribution in [0.4, 0.5) is 5.95 Å². The van der Waals surface area contributed by atoms with Crippen LogP contribution in [-0.2, 0) is 0 Å². The van der Waals surface area contributed by atoms with Gasteiger partial charge in [-0.15, -0.1) is 0 Å². The van der Waals surface area contributed by atoms with Crippen molar-refractivity contribution in [1.82, 2.24) is 14.3 Å². The van der Waals surface area contributed by atoms with Gasteiger partial charge >= 0.3 is 0 Å². The summed E-state index contributed by atoms with van der Waals surface area (Å²) in [4.78, 5) is 11.7. The lowest BCUT2D eigenvalue weighted by Gasteiger charge is -1.81. The van der Waals surface area contributed by atoms with Crippen molar-refractivity contribution in [1.29, 1.82) is 0 Å². The second kappa shape index (κ2) is 3.97. The van der Waals surface area contributed by atoms with Crippen molar-refractivity contribution in [3.8, 4) is 0 Å². The minimum absolute atomic E-state index is 0.426. The molecule has 0 fully saturated rings. The number of H-pyrrole nitrogens is 1. The first kappa shape index (κ1) is 9.95. The lowest BCUT2D eigenvalue weighted by Crippen LogP contribution is -1.92. The van der Waals surface area contributed by atoms with Crippen LogP contribution < -0.4 is 4.67 Å². The molecule has 2 heterocycles. The second-order valence-corrected chi connectivity index (χ2v) is 5.22. The standard InChI is InChI=1S/C9H5ClN4S2/c10-7-8(15-16-14-7)13-9-11-5-3-1-2-4-6(5)12-9/h1-4H,(H,11,12)/b13-8-. The molecule has 0 amide bonds. The molecule has 0 aliphatic heterocycles. The second-order valence-electron chi connectivity index (χ2n) is 3.03. The number of imidazole rings is 1. The SMILES string of the molecule is Clc1nss/c1=N\c1nc2ccccc2[nH]1. The molecule has 0 bridgehead atoms. The number of fused-ring (bicyclic) bond motifs is 1. The van der Waals surface area contributed by atoms with Gasteiger partial charge in [0.25, 0.3) is 0 Å². The molecule has 3 aromatic rings. The maximum Gasteiger partial charge on any atom is 0.229 e. The number of benzene rings is 1. The summed E-state index contributed by atoms with van der Waals surface area (Å²) < 4.78 is 4.64. The van der Waals surface area contributed by atoms with E-state index in [1.165, 1.54) is 20.9 Å². The molecule has 7 heteroatoms. The molecule has 3 rings (SSSR count). The quantitative estimate of drug-likeness (QED) is 0.690. The van der Waals surface area contributed by atoms with E-state index >= 15 is 0 Å². The van der Waals surface area contributed by atoms with Crippen molar-refractivity contribution in [2.24, 2.45) is 4.99 Å². The fourth-order valence-corrected chi connectivity index (χ4v) is 3.29. The van der Waals surface area contributed by atoms with Crippen molar-refractivity contribution >= 4 is 49.5 Å². The smallest absolute Gasteiger partial charge is 0.229 e. The summed E-state index contributed by atoms with van der Waals surface area (Å²) >= 11 is 5.86. The maximum absolute atomic E-state index is 5.86. The fourth-order valence-electron chi connectivity index (χ4n) is 1.31. The maximum atomic E-state index is 5.86. The van der Waals surface area contributed by atoms with Crippen LogP contribution in [0.25, 0.3) is 11.0 Å². The van der Waals surface area contributed by atoms with Crippen molar-refractivity contribution < 1.29 is 0 Å². The van der Waals surface area contributed by atoms with E-state index in [9.17, 15) is 0 Å². The first-order chi connectivity index (χ1) is 7.83. The Bertz CT molecular complexity index is 663. The molecule has 0 unspecified atom stereocenters. The summed E-state index contributed by atoms with van der Waals surface area (Å²) in [5.74, 6) is 0.555. The van der Waals surface area contributed by atoms with E-state index in [1.807, 2.05) is 24.3 Å². The number of aromatic amines is 1. The Morgan fingerprint density at radius 1 is 1.31 bits per heavy atom. The van der Waals surface area contributed by atoms with Gasteiger partial charge in [0.05, 0.1) is 11.0 Å². The highest BCUT2D eigenvalue weighted by atomic mass is 35.5. The van der Waals surface area contributed by atoms with Gasteiger partial charge in [-0.05, 0) is 22.5 Å². The predicted octanol–water partition coefficient (Wildman–Crippen LogP) is 2.97. The highest BCUT2D eigenvalue weighted by Gasteiger charge is 2.02. The number of aromatic nitrogens is 3. The number of rotatable bonds is 1. The molecule has 2 aromatic heterocycles. The number of hydrogen-bond donors (Lipinski definition) is 1. The third kappa shape index (κ3) is 1.75. The molecule has 0 atom stereocenters. The number of nitrogens with zero attached hydrogens (tertiary/aromatic N) is 3. The van der Waals surface area contributed by atoms with Gasteiger partial charge in [0.1, 0.15) is 0 Å². The summed E-state index contributed by atoms with van der Waals surface area (Å²) in [7, 11) is 2.74. The van der Waals surface area contributed by atoms with Gasteiger partial charge in [0.15, 0.2) is 9.82 Å². The largest absolute Gasteiger partial charge is 0.322 e. The van der Waals surface area contributed by atoms with Crippen LogP contribution in [0.5, 0.6) is 0 Å². The van der Waals surface area contributed by atoms with Crippen LogP contribution in [0, 0.1) is 0 Å². The Morgan fingerprint density at radius 3 is 2.94 bits per heavy atom. The van der Waals surface area contributed by atoms with Crippen molar-refractivity contribution in [2.75, 3.05) is 0 Å². The summed E-state index contributed by atoms with van der Waals surface area (Å²) in [6, 6.07) is 7.78. The molecule has 0 saturated carbocycles. The third-order valence-electron chi connectivity index (χ3n) is 1.99. The number of halogens is 1. The van der Waals surface area contributed by atoms with Gasteiger partial charge in [-0.3, -0.25) is 0 Å². The van der Waals surface area contributed by atoms with Gasteiger partial charge in [-0.25, -0.2) is 4.98 Å². The van der Waals surface area contributed by atoms with Crippen LogP contribution in [0.2, 0.25) is 5.15 Å². The first-order valence-electron chi connectivity index (χ1n) is 4.44. The average molecular weight is 269 g/mol. The van der Waals surface area contributed by atoms with E-state index in [0.29, 0.717) is 15.8 Å². The molecule has 0 aliphatic carbocycles. The molecule has 0 saturated heterocycles. The predicted molar refractivity (Wildman–Crippen MR) is 66.3 cm³/mol. The summed E-state index contributed by atoms with van der Waals surface area (Å²) in [6.07, 6.45) is 0. The summed E-state index contributed by atoms with van der Waals surface area (Å²) in [6.45, 7) is 0. The van der Waals surface area contributed by atoms with Crippen molar-refractivity contribution in [2.45, 2.75) is 0 Å². The zero-order valence-electron chi connectivity index (χ0n) is 7.85. The lowest BCUT2D eigenvalue weighted by molar-refractivity contribution is 1.21. The zero-order chi connectivity index (χ0) is 11.0. The lowest BCUT2D eigenvalue weighted by atomic mass is 10.3. The summed E-state index contributed by atoms with van der Waals surface area (Å²) in [5.41, 5.74) is 1.86. The van der Waals surface area contributed by atoms with Crippen LogP contribution >= 0.6 is 32.5 Å². The normalized spacial score (nSPS) is 12.4. The van der Waals surface area contributed by atoms with Gasteiger partial charge in [0, 0.05) is 10.5 Å². The topological polar surface area (TPSA) is 53.9 Å². The van der Waals surface area contributed by atoms with E-state index < -0.39 is 0 Å². The minimum atomic E-state index is 0.426. The van der Waals surface area contributed by atoms with Crippen LogP contribution in [-0.4, -0.2) is 14.3 Å². The minimum Gasteiger partial charge on any atom is -0.322 e. The number of para-hydroxylation sites is 2. The Morgan fingerprint density at radius 2 is 2.19 bits per heavy atom. The summed E-state index contributed by atoms with van der Waals surface area (Å²) in [5, 5.41) is 0.426. The van der Waals surface area contributed by atoms with E-state index in [1.54, 1.807) is 0 Å². The Kier molecular flexibility index (Phi) is 2.47. The van der Waals surface area contributed by atoms with E-state index in [2.05, 4.69) is 19.3 Å². The Balaban J connectivity index is 2.18. The van der Waals surface area contributed by atoms with Crippen LogP contribution in [0.1, 0.15) is 0 Å². The third-order valence-corrected chi connectivity index (χ3v) is 4.17. The Hall–Kier alpha value is -1.24. The van der Waals surface area contributed by atoms with Crippen molar-refractivity contribution in [3.63, 3.8) is 0 Å². The van der Waals surface area contributed by atoms with E-state index in [4.69, 9.17) is 11.6 Å². The van der Waals surface area contributed by atoms with Gasteiger partial charge < -0.3 is 4.98 Å². The van der Waals surface area contributed by atoms with E-state index in [-0.39, 0.29) is 0 Å². The van der Waals surface area contributed by atoms with E-state index in [0.717, 1.165) is 11.0 Å². The molecule has 0 aliphatic rings. The monoisotopic (exact) mass is 268 g/mol. The molecule has 1 N–H and O–H groups in total. The molecule has 4 nitrogen and oxygen atoms in total. The molecular formula is C9H5ClN4S2. The van der Waals surface area contributed by atoms with Gasteiger partial charge in [0.2, 0.25) is 5.95 Å². The number of hydrogen-bond acceptors (Lipinski definition) is 5. The van der Waals surface area contributed by atoms with Gasteiger partial charge in [-0.2, -0.15) is 9.37 Å². The molecule has 0 spiro atoms. The fraction of sp³-hybridized carbons (Fsp3) is 0. The zero-order valence-corrected chi connectivity index (χ0v) is 10.2. The van der Waals surface area contributed by atoms with Crippen LogP contribution in [0.15, 0.2) is 29.3 Å². The molecule has 0 radical (unpaired) electrons. The highest BCUT2D eigenvalue weighted by molar-refractivity contribution is 7.66. The molecule has 1 aromatic carbocycles. The molecule has 16 heavy (non-hydrogen) atoms. The number of nitrogens with one attached hydrogen (secondary N) is 1. The van der Waals surface area contributed by atoms with Crippen molar-refractivity contribution in [3.05, 3.63) is 34.1 Å². The van der Waals surface area contributed by atoms with Gasteiger partial charge in [-0.1, -0.05) is 23.7 Å². The Labute approximate surface area is 103 Å². The molecular weight excluding hydrogens is 264 g/mol. The first-order valence-corrected chi connectivity index (χ1v) is 6.92. The van der Waals surface area contributed by atoms with Crippen LogP contribution in [0.3, 0.4) is 0 Å².